The Bertz CT molecular complexity index is 2610. The Hall–Kier alpha value is -6.31. The first kappa shape index (κ1) is 27.8. The number of fused-ring (bicyclic) bond motifs is 6. The number of hydrogen-bond donors (Lipinski definition) is 0. The molecule has 1 heterocycles. The average molecular weight is 622 g/mol. The molecule has 0 unspecified atom stereocenters. The van der Waals surface area contributed by atoms with E-state index in [1.165, 1.54) is 82.4 Å². The second-order valence-corrected chi connectivity index (χ2v) is 13.0. The molecule has 9 aromatic rings. The maximum atomic E-state index is 5.02. The highest BCUT2D eigenvalue weighted by atomic mass is 14.7. The highest BCUT2D eigenvalue weighted by Gasteiger charge is 2.47. The van der Waals surface area contributed by atoms with E-state index in [9.17, 15) is 0 Å². The van der Waals surface area contributed by atoms with Crippen molar-refractivity contribution < 1.29 is 0 Å². The van der Waals surface area contributed by atoms with Crippen LogP contribution in [0.5, 0.6) is 0 Å². The van der Waals surface area contributed by atoms with Crippen LogP contribution in [-0.2, 0) is 5.41 Å². The smallest absolute Gasteiger partial charge is 0.0753 e. The van der Waals surface area contributed by atoms with Crippen molar-refractivity contribution in [3.05, 3.63) is 210 Å². The van der Waals surface area contributed by atoms with Crippen LogP contribution in [0.2, 0.25) is 0 Å². The van der Waals surface area contributed by atoms with Gasteiger partial charge in [0.25, 0.3) is 0 Å². The molecule has 49 heavy (non-hydrogen) atoms. The standard InChI is InChI=1S/C48H31N/c1-3-17-34(18-4-1)48(35-19-5-2-6-20-35)43-27-14-30-49-47(43)42-29-28-33(31-44(42)48)45-38-22-9-11-24-40(38)46(41-25-12-10-23-39(41)45)37-26-13-16-32-15-7-8-21-36(32)37/h1-31H. The van der Waals surface area contributed by atoms with Gasteiger partial charge in [0.05, 0.1) is 11.1 Å². The molecule has 0 saturated heterocycles. The van der Waals surface area contributed by atoms with E-state index in [0.717, 1.165) is 5.69 Å². The maximum Gasteiger partial charge on any atom is 0.0753 e. The molecular formula is C48H31N. The van der Waals surface area contributed by atoms with E-state index >= 15 is 0 Å². The Morgan fingerprint density at radius 3 is 1.57 bits per heavy atom. The number of pyridine rings is 1. The van der Waals surface area contributed by atoms with E-state index in [1.807, 2.05) is 6.20 Å². The van der Waals surface area contributed by atoms with Gasteiger partial charge in [-0.05, 0) is 89.0 Å². The Morgan fingerprint density at radius 2 is 0.918 bits per heavy atom. The summed E-state index contributed by atoms with van der Waals surface area (Å²) in [5.74, 6) is 0. The molecule has 0 amide bonds. The molecule has 1 aliphatic carbocycles. The maximum absolute atomic E-state index is 5.02. The molecule has 0 radical (unpaired) electrons. The molecular weight excluding hydrogens is 591 g/mol. The van der Waals surface area contributed by atoms with Gasteiger partial charge in [-0.2, -0.15) is 0 Å². The lowest BCUT2D eigenvalue weighted by atomic mass is 9.67. The predicted octanol–water partition coefficient (Wildman–Crippen LogP) is 12.2. The van der Waals surface area contributed by atoms with Crippen LogP contribution in [0.25, 0.3) is 65.8 Å². The van der Waals surface area contributed by atoms with E-state index in [2.05, 4.69) is 182 Å². The van der Waals surface area contributed by atoms with Crippen molar-refractivity contribution in [2.24, 2.45) is 0 Å². The summed E-state index contributed by atoms with van der Waals surface area (Å²) in [7, 11) is 0. The van der Waals surface area contributed by atoms with Gasteiger partial charge >= 0.3 is 0 Å². The summed E-state index contributed by atoms with van der Waals surface area (Å²) >= 11 is 0. The number of nitrogens with zero attached hydrogens (tertiary/aromatic N) is 1. The van der Waals surface area contributed by atoms with Crippen LogP contribution in [0.15, 0.2) is 188 Å². The summed E-state index contributed by atoms with van der Waals surface area (Å²) < 4.78 is 0. The molecule has 1 aromatic heterocycles. The zero-order chi connectivity index (χ0) is 32.4. The van der Waals surface area contributed by atoms with Gasteiger partial charge in [0, 0.05) is 11.8 Å². The summed E-state index contributed by atoms with van der Waals surface area (Å²) in [4.78, 5) is 5.02. The van der Waals surface area contributed by atoms with Crippen LogP contribution < -0.4 is 0 Å². The molecule has 0 bridgehead atoms. The first-order valence-corrected chi connectivity index (χ1v) is 17.0. The first-order valence-electron chi connectivity index (χ1n) is 17.0. The van der Waals surface area contributed by atoms with E-state index in [4.69, 9.17) is 4.98 Å². The Balaban J connectivity index is 1.32. The van der Waals surface area contributed by atoms with Crippen molar-refractivity contribution in [3.63, 3.8) is 0 Å². The summed E-state index contributed by atoms with van der Waals surface area (Å²) in [6, 6.07) is 66.7. The predicted molar refractivity (Wildman–Crippen MR) is 205 cm³/mol. The topological polar surface area (TPSA) is 12.9 Å². The number of aromatic nitrogens is 1. The van der Waals surface area contributed by atoms with Crippen molar-refractivity contribution in [2.75, 3.05) is 0 Å². The first-order chi connectivity index (χ1) is 24.3. The average Bonchev–Trinajstić information content (AvgIpc) is 3.48. The fraction of sp³-hybridized carbons (Fsp3) is 0.0208. The summed E-state index contributed by atoms with van der Waals surface area (Å²) in [6.45, 7) is 0. The zero-order valence-corrected chi connectivity index (χ0v) is 26.8. The van der Waals surface area contributed by atoms with Crippen molar-refractivity contribution in [3.8, 4) is 33.5 Å². The van der Waals surface area contributed by atoms with Gasteiger partial charge < -0.3 is 0 Å². The number of benzene rings is 8. The normalized spacial score (nSPS) is 13.1. The summed E-state index contributed by atoms with van der Waals surface area (Å²) in [5.41, 5.74) is 11.7. The van der Waals surface area contributed by atoms with E-state index in [-0.39, 0.29) is 0 Å². The van der Waals surface area contributed by atoms with Crippen molar-refractivity contribution in [1.82, 2.24) is 4.98 Å². The molecule has 0 fully saturated rings. The van der Waals surface area contributed by atoms with Gasteiger partial charge in [-0.3, -0.25) is 4.98 Å². The van der Waals surface area contributed by atoms with Crippen LogP contribution in [0.4, 0.5) is 0 Å². The van der Waals surface area contributed by atoms with Crippen LogP contribution in [0, 0.1) is 0 Å². The van der Waals surface area contributed by atoms with Crippen molar-refractivity contribution in [1.29, 1.82) is 0 Å². The Labute approximate surface area is 285 Å². The second kappa shape index (κ2) is 10.9. The lowest BCUT2D eigenvalue weighted by Gasteiger charge is -2.33. The third-order valence-corrected chi connectivity index (χ3v) is 10.6. The fourth-order valence-electron chi connectivity index (χ4n) is 8.62. The van der Waals surface area contributed by atoms with Gasteiger partial charge in [0.1, 0.15) is 0 Å². The Kier molecular flexibility index (Phi) is 6.16. The van der Waals surface area contributed by atoms with Gasteiger partial charge in [-0.25, -0.2) is 0 Å². The largest absolute Gasteiger partial charge is 0.256 e. The molecule has 0 atom stereocenters. The second-order valence-electron chi connectivity index (χ2n) is 13.0. The van der Waals surface area contributed by atoms with E-state index < -0.39 is 5.41 Å². The van der Waals surface area contributed by atoms with Crippen LogP contribution in [-0.4, -0.2) is 4.98 Å². The van der Waals surface area contributed by atoms with Gasteiger partial charge in [-0.15, -0.1) is 0 Å². The summed E-state index contributed by atoms with van der Waals surface area (Å²) in [5, 5.41) is 7.55. The van der Waals surface area contributed by atoms with Crippen LogP contribution in [0.3, 0.4) is 0 Å². The molecule has 1 aliphatic rings. The third kappa shape index (κ3) is 3.97. The number of rotatable bonds is 4. The highest BCUT2D eigenvalue weighted by molar-refractivity contribution is 6.23. The zero-order valence-electron chi connectivity index (χ0n) is 26.8. The minimum atomic E-state index is -0.508. The molecule has 0 aliphatic heterocycles. The minimum Gasteiger partial charge on any atom is -0.256 e. The van der Waals surface area contributed by atoms with Crippen molar-refractivity contribution >= 4 is 32.3 Å². The van der Waals surface area contributed by atoms with Crippen LogP contribution in [0.1, 0.15) is 22.3 Å². The molecule has 0 saturated carbocycles. The summed E-state index contributed by atoms with van der Waals surface area (Å²) in [6.07, 6.45) is 1.93. The fourth-order valence-corrected chi connectivity index (χ4v) is 8.62. The quantitative estimate of drug-likeness (QED) is 0.178. The lowest BCUT2D eigenvalue weighted by Crippen LogP contribution is -2.28. The molecule has 1 heteroatoms. The molecule has 0 N–H and O–H groups in total. The molecule has 228 valence electrons. The molecule has 8 aromatic carbocycles. The third-order valence-electron chi connectivity index (χ3n) is 10.6. The Morgan fingerprint density at radius 1 is 0.367 bits per heavy atom. The lowest BCUT2D eigenvalue weighted by molar-refractivity contribution is 0.766. The SMILES string of the molecule is c1ccc(C2(c3ccccc3)c3cc(-c4c5ccccc5c(-c5cccc6ccccc56)c5ccccc45)ccc3-c3ncccc32)cc1. The molecule has 1 nitrogen and oxygen atoms in total. The van der Waals surface area contributed by atoms with Crippen LogP contribution >= 0.6 is 0 Å². The van der Waals surface area contributed by atoms with Crippen molar-refractivity contribution in [2.45, 2.75) is 5.41 Å². The van der Waals surface area contributed by atoms with E-state index in [0.29, 0.717) is 0 Å². The van der Waals surface area contributed by atoms with Gasteiger partial charge in [0.2, 0.25) is 0 Å². The minimum absolute atomic E-state index is 0.508. The number of hydrogen-bond acceptors (Lipinski definition) is 1. The van der Waals surface area contributed by atoms with Gasteiger partial charge in [0.15, 0.2) is 0 Å². The van der Waals surface area contributed by atoms with Gasteiger partial charge in [-0.1, -0.05) is 170 Å². The molecule has 0 spiro atoms. The highest BCUT2D eigenvalue weighted by Crippen LogP contribution is 2.56. The van der Waals surface area contributed by atoms with E-state index in [1.54, 1.807) is 0 Å². The monoisotopic (exact) mass is 621 g/mol. The molecule has 10 rings (SSSR count).